The second-order valence-corrected chi connectivity index (χ2v) is 6.80. The first-order valence-electron chi connectivity index (χ1n) is 7.32. The van der Waals surface area contributed by atoms with Gasteiger partial charge in [-0.15, -0.1) is 0 Å². The minimum Gasteiger partial charge on any atom is -0.465 e. The molecule has 0 aliphatic rings. The number of rotatable bonds is 3. The van der Waals surface area contributed by atoms with E-state index in [2.05, 4.69) is 9.97 Å². The fourth-order valence-corrected chi connectivity index (χ4v) is 3.25. The second-order valence-electron chi connectivity index (χ2n) is 5.52. The van der Waals surface area contributed by atoms with Crippen LogP contribution in [0.2, 0.25) is 10.0 Å². The Kier molecular flexibility index (Phi) is 4.74. The first-order valence-corrected chi connectivity index (χ1v) is 8.48. The van der Waals surface area contributed by atoms with Gasteiger partial charge in [0.25, 0.3) is 0 Å². The number of aromatic nitrogens is 3. The van der Waals surface area contributed by atoms with Crippen molar-refractivity contribution in [2.75, 3.05) is 11.9 Å². The molecular formula is C16H13Cl2N5O2S. The molecule has 0 spiro atoms. The number of aryl methyl sites for hydroxylation is 1. The molecule has 0 radical (unpaired) electrons. The summed E-state index contributed by atoms with van der Waals surface area (Å²) in [7, 11) is 1.43. The number of amides is 1. The lowest BCUT2D eigenvalue weighted by Gasteiger charge is -2.21. The molecule has 0 fully saturated rings. The standard InChI is InChI=1S/C16H13Cl2N5O2S/c1-7-12(22(2)16(24)25)13(9-4-3-8(17)5-10(9)18)23-6-11(14(19)26)21-15(23)20-7/h3-6H,1-2H3,(H2,19,26)(H,24,25). The molecule has 0 saturated heterocycles. The van der Waals surface area contributed by atoms with Crippen LogP contribution in [0, 0.1) is 6.92 Å². The number of carbonyl (C=O) groups is 1. The molecule has 0 atom stereocenters. The molecule has 26 heavy (non-hydrogen) atoms. The molecule has 134 valence electrons. The van der Waals surface area contributed by atoms with Crippen LogP contribution in [-0.2, 0) is 0 Å². The number of hydrogen-bond acceptors (Lipinski definition) is 4. The van der Waals surface area contributed by atoms with E-state index in [1.807, 2.05) is 0 Å². The number of nitrogens with zero attached hydrogens (tertiary/aromatic N) is 4. The number of halogens is 2. The van der Waals surface area contributed by atoms with Crippen LogP contribution in [0.15, 0.2) is 24.4 Å². The molecule has 2 aromatic heterocycles. The summed E-state index contributed by atoms with van der Waals surface area (Å²) >= 11 is 17.4. The Labute approximate surface area is 164 Å². The third kappa shape index (κ3) is 3.07. The summed E-state index contributed by atoms with van der Waals surface area (Å²) in [5, 5.41) is 10.3. The van der Waals surface area contributed by atoms with Crippen molar-refractivity contribution in [3.8, 4) is 11.3 Å². The van der Waals surface area contributed by atoms with Crippen molar-refractivity contribution in [3.63, 3.8) is 0 Å². The molecule has 0 aliphatic carbocycles. The number of anilines is 1. The number of nitrogens with two attached hydrogens (primary N) is 1. The van der Waals surface area contributed by atoms with Crippen LogP contribution >= 0.6 is 35.4 Å². The fourth-order valence-electron chi connectivity index (χ4n) is 2.66. The van der Waals surface area contributed by atoms with Crippen molar-refractivity contribution >= 4 is 58.0 Å². The Morgan fingerprint density at radius 3 is 2.62 bits per heavy atom. The van der Waals surface area contributed by atoms with Crippen LogP contribution in [0.3, 0.4) is 0 Å². The largest absolute Gasteiger partial charge is 0.465 e. The van der Waals surface area contributed by atoms with Crippen molar-refractivity contribution < 1.29 is 9.90 Å². The summed E-state index contributed by atoms with van der Waals surface area (Å²) in [4.78, 5) is 21.5. The van der Waals surface area contributed by atoms with Crippen LogP contribution in [0.5, 0.6) is 0 Å². The van der Waals surface area contributed by atoms with Gasteiger partial charge in [0.2, 0.25) is 5.78 Å². The summed E-state index contributed by atoms with van der Waals surface area (Å²) in [6, 6.07) is 4.95. The van der Waals surface area contributed by atoms with E-state index in [1.54, 1.807) is 35.7 Å². The van der Waals surface area contributed by atoms with E-state index in [0.717, 1.165) is 4.90 Å². The predicted octanol–water partition coefficient (Wildman–Crippen LogP) is 3.76. The normalized spacial score (nSPS) is 10.9. The van der Waals surface area contributed by atoms with Gasteiger partial charge in [0.05, 0.1) is 22.1 Å². The molecule has 3 N–H and O–H groups in total. The van der Waals surface area contributed by atoms with Gasteiger partial charge >= 0.3 is 6.09 Å². The highest BCUT2D eigenvalue weighted by molar-refractivity contribution is 7.80. The Balaban J connectivity index is 2.47. The molecular weight excluding hydrogens is 397 g/mol. The number of benzene rings is 1. The monoisotopic (exact) mass is 409 g/mol. The van der Waals surface area contributed by atoms with Gasteiger partial charge in [-0.25, -0.2) is 14.8 Å². The van der Waals surface area contributed by atoms with Crippen molar-refractivity contribution in [3.05, 3.63) is 45.8 Å². The van der Waals surface area contributed by atoms with Crippen LogP contribution in [0.1, 0.15) is 11.4 Å². The molecule has 7 nitrogen and oxygen atoms in total. The maximum atomic E-state index is 11.6. The fraction of sp³-hybridized carbons (Fsp3) is 0.125. The Morgan fingerprint density at radius 2 is 2.04 bits per heavy atom. The van der Waals surface area contributed by atoms with Gasteiger partial charge in [0.15, 0.2) is 0 Å². The molecule has 1 amide bonds. The lowest BCUT2D eigenvalue weighted by molar-refractivity contribution is 0.203. The first kappa shape index (κ1) is 18.4. The maximum Gasteiger partial charge on any atom is 0.411 e. The zero-order valence-electron chi connectivity index (χ0n) is 13.7. The summed E-state index contributed by atoms with van der Waals surface area (Å²) in [6.07, 6.45) is 0.457. The smallest absolute Gasteiger partial charge is 0.411 e. The number of imidazole rings is 1. The van der Waals surface area contributed by atoms with Gasteiger partial charge < -0.3 is 10.8 Å². The molecule has 0 bridgehead atoms. The average molecular weight is 410 g/mol. The third-order valence-electron chi connectivity index (χ3n) is 3.82. The highest BCUT2D eigenvalue weighted by atomic mass is 35.5. The minimum atomic E-state index is -1.14. The zero-order chi connectivity index (χ0) is 19.2. The Bertz CT molecular complexity index is 1070. The number of thiocarbonyl (C=S) groups is 1. The topological polar surface area (TPSA) is 96.8 Å². The van der Waals surface area contributed by atoms with Crippen LogP contribution in [0.25, 0.3) is 17.0 Å². The van der Waals surface area contributed by atoms with Gasteiger partial charge in [-0.1, -0.05) is 35.4 Å². The van der Waals surface area contributed by atoms with E-state index in [-0.39, 0.29) is 4.99 Å². The number of hydrogen-bond donors (Lipinski definition) is 2. The van der Waals surface area contributed by atoms with Gasteiger partial charge in [-0.3, -0.25) is 9.30 Å². The molecule has 3 aromatic rings. The minimum absolute atomic E-state index is 0.106. The van der Waals surface area contributed by atoms with Crippen molar-refractivity contribution in [2.45, 2.75) is 6.92 Å². The molecule has 0 aliphatic heterocycles. The summed E-state index contributed by atoms with van der Waals surface area (Å²) in [5.41, 5.74) is 7.94. The molecule has 10 heteroatoms. The van der Waals surface area contributed by atoms with E-state index in [4.69, 9.17) is 41.2 Å². The van der Waals surface area contributed by atoms with Gasteiger partial charge in [0.1, 0.15) is 10.7 Å². The molecule has 0 unspecified atom stereocenters. The van der Waals surface area contributed by atoms with Crippen LogP contribution in [-0.4, -0.2) is 37.6 Å². The predicted molar refractivity (Wildman–Crippen MR) is 105 cm³/mol. The Morgan fingerprint density at radius 1 is 1.35 bits per heavy atom. The molecule has 0 saturated carbocycles. The second kappa shape index (κ2) is 6.71. The first-order chi connectivity index (χ1) is 12.2. The Hall–Kier alpha value is -2.42. The quantitative estimate of drug-likeness (QED) is 0.639. The van der Waals surface area contributed by atoms with Gasteiger partial charge in [-0.2, -0.15) is 0 Å². The van der Waals surface area contributed by atoms with Crippen molar-refractivity contribution in [2.24, 2.45) is 5.73 Å². The lowest BCUT2D eigenvalue weighted by Crippen LogP contribution is -2.26. The highest BCUT2D eigenvalue weighted by Crippen LogP contribution is 2.38. The number of fused-ring (bicyclic) bond motifs is 1. The molecule has 2 heterocycles. The van der Waals surface area contributed by atoms with E-state index in [9.17, 15) is 9.90 Å². The van der Waals surface area contributed by atoms with E-state index in [1.165, 1.54) is 7.05 Å². The summed E-state index contributed by atoms with van der Waals surface area (Å²) < 4.78 is 1.62. The van der Waals surface area contributed by atoms with Crippen molar-refractivity contribution in [1.29, 1.82) is 0 Å². The molecule has 3 rings (SSSR count). The van der Waals surface area contributed by atoms with E-state index < -0.39 is 6.09 Å². The zero-order valence-corrected chi connectivity index (χ0v) is 16.0. The van der Waals surface area contributed by atoms with E-state index in [0.29, 0.717) is 44.2 Å². The summed E-state index contributed by atoms with van der Waals surface area (Å²) in [6.45, 7) is 1.69. The number of carboxylic acid groups (broad SMARTS) is 1. The van der Waals surface area contributed by atoms with Crippen LogP contribution in [0.4, 0.5) is 10.5 Å². The SMILES string of the molecule is Cc1nc2nc(C(N)=S)cn2c(-c2ccc(Cl)cc2Cl)c1N(C)C(=O)O. The lowest BCUT2D eigenvalue weighted by atomic mass is 10.1. The molecule has 1 aromatic carbocycles. The van der Waals surface area contributed by atoms with Crippen LogP contribution < -0.4 is 10.6 Å². The average Bonchev–Trinajstić information content (AvgIpc) is 2.97. The highest BCUT2D eigenvalue weighted by Gasteiger charge is 2.24. The van der Waals surface area contributed by atoms with Crippen molar-refractivity contribution in [1.82, 2.24) is 14.4 Å². The van der Waals surface area contributed by atoms with E-state index >= 15 is 0 Å². The third-order valence-corrected chi connectivity index (χ3v) is 4.58. The maximum absolute atomic E-state index is 11.6. The summed E-state index contributed by atoms with van der Waals surface area (Å²) in [5.74, 6) is 0.328. The van der Waals surface area contributed by atoms with Gasteiger partial charge in [0, 0.05) is 23.8 Å². The van der Waals surface area contributed by atoms with Gasteiger partial charge in [-0.05, 0) is 25.1 Å².